The molecule has 0 heterocycles. The van der Waals surface area contributed by atoms with E-state index in [2.05, 4.69) is 5.32 Å². The predicted molar refractivity (Wildman–Crippen MR) is 115 cm³/mol. The predicted octanol–water partition coefficient (Wildman–Crippen LogP) is 4.65. The van der Waals surface area contributed by atoms with Gasteiger partial charge in [-0.25, -0.2) is 0 Å². The summed E-state index contributed by atoms with van der Waals surface area (Å²) in [5.41, 5.74) is 2.57. The van der Waals surface area contributed by atoms with E-state index in [-0.39, 0.29) is 18.2 Å². The Morgan fingerprint density at radius 3 is 2.10 bits per heavy atom. The van der Waals surface area contributed by atoms with E-state index in [4.69, 9.17) is 4.74 Å². The van der Waals surface area contributed by atoms with Crippen molar-refractivity contribution in [3.63, 3.8) is 0 Å². The second-order valence-corrected chi connectivity index (χ2v) is 6.60. The van der Waals surface area contributed by atoms with E-state index >= 15 is 0 Å². The zero-order chi connectivity index (χ0) is 20.5. The summed E-state index contributed by atoms with van der Waals surface area (Å²) in [7, 11) is 0. The molecule has 0 aliphatic carbocycles. The van der Waals surface area contributed by atoms with E-state index in [0.29, 0.717) is 13.2 Å². The van der Waals surface area contributed by atoms with Crippen LogP contribution in [0.25, 0.3) is 0 Å². The Balaban J connectivity index is 1.55. The molecule has 29 heavy (non-hydrogen) atoms. The van der Waals surface area contributed by atoms with Gasteiger partial charge in [0, 0.05) is 31.3 Å². The third-order valence-electron chi connectivity index (χ3n) is 4.40. The van der Waals surface area contributed by atoms with Gasteiger partial charge < -0.3 is 15.0 Å². The van der Waals surface area contributed by atoms with Crippen molar-refractivity contribution in [3.05, 3.63) is 90.5 Å². The topological polar surface area (TPSA) is 58.6 Å². The molecule has 3 aromatic carbocycles. The largest absolute Gasteiger partial charge is 0.489 e. The first-order valence-electron chi connectivity index (χ1n) is 9.51. The summed E-state index contributed by atoms with van der Waals surface area (Å²) in [5, 5.41) is 2.83. The molecule has 148 valence electrons. The van der Waals surface area contributed by atoms with E-state index in [1.54, 1.807) is 4.90 Å². The molecule has 0 radical (unpaired) electrons. The third kappa shape index (κ3) is 6.21. The Kier molecular flexibility index (Phi) is 7.00. The van der Waals surface area contributed by atoms with Crippen LogP contribution in [0.3, 0.4) is 0 Å². The average molecular weight is 388 g/mol. The Morgan fingerprint density at radius 1 is 0.862 bits per heavy atom. The number of nitrogens with one attached hydrogen (secondary N) is 1. The molecule has 2 amide bonds. The Bertz CT molecular complexity index is 925. The summed E-state index contributed by atoms with van der Waals surface area (Å²) < 4.78 is 5.78. The minimum atomic E-state index is -0.134. The summed E-state index contributed by atoms with van der Waals surface area (Å²) in [6.45, 7) is 2.28. The smallest absolute Gasteiger partial charge is 0.226 e. The highest BCUT2D eigenvalue weighted by Crippen LogP contribution is 2.21. The molecule has 0 saturated carbocycles. The fourth-order valence-corrected chi connectivity index (χ4v) is 2.89. The number of rotatable bonds is 8. The highest BCUT2D eigenvalue weighted by atomic mass is 16.5. The summed E-state index contributed by atoms with van der Waals surface area (Å²) in [6.07, 6.45) is 0.209. The number of anilines is 2. The standard InChI is InChI=1S/C24H24N2O3/c1-19(27)26(17-16-24(28)25-21-10-6-3-7-11-21)22-12-14-23(15-13-22)29-18-20-8-4-2-5-9-20/h2-15H,16-18H2,1H3,(H,25,28). The minimum Gasteiger partial charge on any atom is -0.489 e. The van der Waals surface area contributed by atoms with E-state index in [0.717, 1.165) is 22.7 Å². The number of para-hydroxylation sites is 1. The van der Waals surface area contributed by atoms with Gasteiger partial charge in [-0.3, -0.25) is 9.59 Å². The van der Waals surface area contributed by atoms with E-state index in [1.165, 1.54) is 6.92 Å². The number of nitrogens with zero attached hydrogens (tertiary/aromatic N) is 1. The molecule has 3 rings (SSSR count). The lowest BCUT2D eigenvalue weighted by Crippen LogP contribution is -2.31. The lowest BCUT2D eigenvalue weighted by Gasteiger charge is -2.21. The number of carbonyl (C=O) groups excluding carboxylic acids is 2. The number of hydrogen-bond donors (Lipinski definition) is 1. The molecule has 0 atom stereocenters. The number of amides is 2. The molecule has 0 saturated heterocycles. The molecule has 1 N–H and O–H groups in total. The molecular weight excluding hydrogens is 364 g/mol. The van der Waals surface area contributed by atoms with Crippen LogP contribution >= 0.6 is 0 Å². The summed E-state index contributed by atoms with van der Waals surface area (Å²) in [6, 6.07) is 26.5. The Morgan fingerprint density at radius 2 is 1.48 bits per heavy atom. The molecular formula is C24H24N2O3. The van der Waals surface area contributed by atoms with Gasteiger partial charge in [0.05, 0.1) is 0 Å². The second-order valence-electron chi connectivity index (χ2n) is 6.60. The highest BCUT2D eigenvalue weighted by molar-refractivity contribution is 5.94. The second kappa shape index (κ2) is 10.1. The first-order valence-corrected chi connectivity index (χ1v) is 9.51. The molecule has 0 aliphatic heterocycles. The molecule has 0 spiro atoms. The molecule has 0 aliphatic rings. The maximum Gasteiger partial charge on any atom is 0.226 e. The van der Waals surface area contributed by atoms with Gasteiger partial charge in [0.25, 0.3) is 0 Å². The average Bonchev–Trinajstić information content (AvgIpc) is 2.74. The van der Waals surface area contributed by atoms with E-state index < -0.39 is 0 Å². The number of carbonyl (C=O) groups is 2. The molecule has 5 heteroatoms. The van der Waals surface area contributed by atoms with Gasteiger partial charge >= 0.3 is 0 Å². The van der Waals surface area contributed by atoms with Crippen LogP contribution in [0.1, 0.15) is 18.9 Å². The van der Waals surface area contributed by atoms with Gasteiger partial charge in [-0.15, -0.1) is 0 Å². The Hall–Kier alpha value is -3.60. The SMILES string of the molecule is CC(=O)N(CCC(=O)Nc1ccccc1)c1ccc(OCc2ccccc2)cc1. The molecule has 0 unspecified atom stereocenters. The van der Waals surface area contributed by atoms with Gasteiger partial charge in [-0.1, -0.05) is 48.5 Å². The fourth-order valence-electron chi connectivity index (χ4n) is 2.89. The number of hydrogen-bond acceptors (Lipinski definition) is 3. The minimum absolute atomic E-state index is 0.115. The number of ether oxygens (including phenoxy) is 1. The molecule has 5 nitrogen and oxygen atoms in total. The molecule has 3 aromatic rings. The van der Waals surface area contributed by atoms with Crippen LogP contribution in [-0.2, 0) is 16.2 Å². The third-order valence-corrected chi connectivity index (χ3v) is 4.40. The summed E-state index contributed by atoms with van der Waals surface area (Å²) in [5.74, 6) is 0.476. The van der Waals surface area contributed by atoms with Crippen molar-refractivity contribution >= 4 is 23.2 Å². The van der Waals surface area contributed by atoms with Crippen molar-refractivity contribution < 1.29 is 14.3 Å². The maximum atomic E-state index is 12.2. The quantitative estimate of drug-likeness (QED) is 0.611. The summed E-state index contributed by atoms with van der Waals surface area (Å²) in [4.78, 5) is 25.8. The first-order chi connectivity index (χ1) is 14.1. The van der Waals surface area contributed by atoms with E-state index in [9.17, 15) is 9.59 Å². The molecule has 0 fully saturated rings. The molecule has 0 aromatic heterocycles. The fraction of sp³-hybridized carbons (Fsp3) is 0.167. The monoisotopic (exact) mass is 388 g/mol. The van der Waals surface area contributed by atoms with Crippen molar-refractivity contribution in [3.8, 4) is 5.75 Å². The van der Waals surface area contributed by atoms with Crippen LogP contribution in [0.5, 0.6) is 5.75 Å². The van der Waals surface area contributed by atoms with Crippen molar-refractivity contribution in [2.45, 2.75) is 20.0 Å². The van der Waals surface area contributed by atoms with Crippen LogP contribution in [0.4, 0.5) is 11.4 Å². The van der Waals surface area contributed by atoms with Crippen molar-refractivity contribution in [2.24, 2.45) is 0 Å². The number of benzene rings is 3. The van der Waals surface area contributed by atoms with Crippen LogP contribution in [0, 0.1) is 0 Å². The zero-order valence-electron chi connectivity index (χ0n) is 16.4. The van der Waals surface area contributed by atoms with Crippen molar-refractivity contribution in [1.82, 2.24) is 0 Å². The Labute approximate surface area is 170 Å². The van der Waals surface area contributed by atoms with Crippen molar-refractivity contribution in [1.29, 1.82) is 0 Å². The van der Waals surface area contributed by atoms with Gasteiger partial charge in [0.1, 0.15) is 12.4 Å². The van der Waals surface area contributed by atoms with Crippen molar-refractivity contribution in [2.75, 3.05) is 16.8 Å². The lowest BCUT2D eigenvalue weighted by molar-refractivity contribution is -0.117. The van der Waals surface area contributed by atoms with Gasteiger partial charge in [0.15, 0.2) is 0 Å². The van der Waals surface area contributed by atoms with Crippen LogP contribution in [-0.4, -0.2) is 18.4 Å². The summed E-state index contributed by atoms with van der Waals surface area (Å²) >= 11 is 0. The van der Waals surface area contributed by atoms with Crippen LogP contribution in [0.15, 0.2) is 84.9 Å². The molecule has 0 bridgehead atoms. The van der Waals surface area contributed by atoms with E-state index in [1.807, 2.05) is 84.9 Å². The highest BCUT2D eigenvalue weighted by Gasteiger charge is 2.14. The normalized spacial score (nSPS) is 10.2. The van der Waals surface area contributed by atoms with Crippen LogP contribution < -0.4 is 15.0 Å². The van der Waals surface area contributed by atoms with Crippen LogP contribution in [0.2, 0.25) is 0 Å². The van der Waals surface area contributed by atoms with Gasteiger partial charge in [0.2, 0.25) is 11.8 Å². The van der Waals surface area contributed by atoms with Gasteiger partial charge in [-0.2, -0.15) is 0 Å². The lowest BCUT2D eigenvalue weighted by atomic mass is 10.2. The first kappa shape index (κ1) is 20.1. The zero-order valence-corrected chi connectivity index (χ0v) is 16.4. The maximum absolute atomic E-state index is 12.2. The van der Waals surface area contributed by atoms with Gasteiger partial charge in [-0.05, 0) is 42.0 Å².